The fraction of sp³-hybridized carbons (Fsp3) is 0.600. The van der Waals surface area contributed by atoms with Crippen LogP contribution in [0, 0.1) is 5.92 Å². The molecule has 0 bridgehead atoms. The van der Waals surface area contributed by atoms with Crippen molar-refractivity contribution in [3.05, 3.63) is 29.8 Å². The largest absolute Gasteiger partial charge is 0.368 e. The molecule has 17 heavy (non-hydrogen) atoms. The lowest BCUT2D eigenvalue weighted by Crippen LogP contribution is -2.43. The van der Waals surface area contributed by atoms with Gasteiger partial charge in [0.25, 0.3) is 0 Å². The Bertz CT molecular complexity index is 373. The van der Waals surface area contributed by atoms with Gasteiger partial charge in [0.15, 0.2) is 0 Å². The topological polar surface area (TPSA) is 29.3 Å². The van der Waals surface area contributed by atoms with Gasteiger partial charge in [0.2, 0.25) is 0 Å². The van der Waals surface area contributed by atoms with Crippen LogP contribution in [0.1, 0.15) is 45.2 Å². The Balaban J connectivity index is 2.32. The number of hydrogen-bond acceptors (Lipinski definition) is 2. The van der Waals surface area contributed by atoms with Gasteiger partial charge in [0.05, 0.1) is 0 Å². The second kappa shape index (κ2) is 5.09. The van der Waals surface area contributed by atoms with E-state index in [-0.39, 0.29) is 6.04 Å². The molecule has 2 heteroatoms. The van der Waals surface area contributed by atoms with Gasteiger partial charge in [-0.3, -0.25) is 0 Å². The maximum atomic E-state index is 6.07. The van der Waals surface area contributed by atoms with Gasteiger partial charge >= 0.3 is 0 Å². The van der Waals surface area contributed by atoms with E-state index in [0.29, 0.717) is 6.04 Å². The highest BCUT2D eigenvalue weighted by atomic mass is 15.2. The van der Waals surface area contributed by atoms with Crippen molar-refractivity contribution in [1.82, 2.24) is 0 Å². The van der Waals surface area contributed by atoms with E-state index in [9.17, 15) is 0 Å². The molecule has 2 rings (SSSR count). The molecule has 94 valence electrons. The molecule has 1 fully saturated rings. The molecule has 2 N–H and O–H groups in total. The molecule has 2 unspecified atom stereocenters. The maximum absolute atomic E-state index is 6.07. The van der Waals surface area contributed by atoms with Gasteiger partial charge in [-0.1, -0.05) is 25.1 Å². The molecule has 0 aliphatic carbocycles. The van der Waals surface area contributed by atoms with Crippen LogP contribution in [0.2, 0.25) is 0 Å². The van der Waals surface area contributed by atoms with Crippen LogP contribution in [0.25, 0.3) is 0 Å². The predicted molar refractivity (Wildman–Crippen MR) is 74.3 cm³/mol. The molecule has 1 heterocycles. The van der Waals surface area contributed by atoms with Crippen LogP contribution in [0.15, 0.2) is 24.3 Å². The van der Waals surface area contributed by atoms with E-state index in [1.54, 1.807) is 0 Å². The standard InChI is InChI=1S/C15H24N2/c1-11-7-6-10-17(13(11)3)15-9-5-4-8-14(15)12(2)16/h4-5,8-9,11-13H,6-7,10,16H2,1-3H3/t11?,12-,13?/m1/s1. The molecule has 1 aliphatic heterocycles. The van der Waals surface area contributed by atoms with Gasteiger partial charge in [-0.25, -0.2) is 0 Å². The van der Waals surface area contributed by atoms with Gasteiger partial charge in [0.1, 0.15) is 0 Å². The van der Waals surface area contributed by atoms with Crippen LogP contribution in [0.3, 0.4) is 0 Å². The molecule has 1 saturated heterocycles. The highest BCUT2D eigenvalue weighted by molar-refractivity contribution is 5.56. The van der Waals surface area contributed by atoms with Crippen LogP contribution >= 0.6 is 0 Å². The fourth-order valence-electron chi connectivity index (χ4n) is 2.81. The summed E-state index contributed by atoms with van der Waals surface area (Å²) in [5, 5.41) is 0. The number of para-hydroxylation sites is 1. The second-order valence-corrected chi connectivity index (χ2v) is 5.40. The first-order chi connectivity index (χ1) is 8.11. The SMILES string of the molecule is CC1CCCN(c2ccccc2[C@@H](C)N)C1C. The number of anilines is 1. The molecule has 2 nitrogen and oxygen atoms in total. The minimum atomic E-state index is 0.107. The summed E-state index contributed by atoms with van der Waals surface area (Å²) in [7, 11) is 0. The normalized spacial score (nSPS) is 26.9. The highest BCUT2D eigenvalue weighted by Gasteiger charge is 2.26. The third-order valence-corrected chi connectivity index (χ3v) is 4.11. The minimum absolute atomic E-state index is 0.107. The monoisotopic (exact) mass is 232 g/mol. The molecular weight excluding hydrogens is 208 g/mol. The fourth-order valence-corrected chi connectivity index (χ4v) is 2.81. The van der Waals surface area contributed by atoms with Crippen molar-refractivity contribution in [1.29, 1.82) is 0 Å². The quantitative estimate of drug-likeness (QED) is 0.847. The van der Waals surface area contributed by atoms with E-state index in [4.69, 9.17) is 5.73 Å². The van der Waals surface area contributed by atoms with Gasteiger partial charge in [0, 0.05) is 24.3 Å². The Morgan fingerprint density at radius 2 is 2.00 bits per heavy atom. The van der Waals surface area contributed by atoms with Crippen molar-refractivity contribution in [2.45, 2.75) is 45.7 Å². The summed E-state index contributed by atoms with van der Waals surface area (Å²) >= 11 is 0. The Kier molecular flexibility index (Phi) is 3.72. The third-order valence-electron chi connectivity index (χ3n) is 4.11. The van der Waals surface area contributed by atoms with Gasteiger partial charge in [-0.2, -0.15) is 0 Å². The maximum Gasteiger partial charge on any atom is 0.0417 e. The Hall–Kier alpha value is -1.02. The van der Waals surface area contributed by atoms with Crippen LogP contribution in [0.5, 0.6) is 0 Å². The summed E-state index contributed by atoms with van der Waals surface area (Å²) in [5.74, 6) is 0.768. The molecule has 1 aromatic rings. The number of nitrogens with zero attached hydrogens (tertiary/aromatic N) is 1. The molecule has 0 aromatic heterocycles. The molecule has 1 aromatic carbocycles. The van der Waals surface area contributed by atoms with E-state index in [2.05, 4.69) is 49.9 Å². The van der Waals surface area contributed by atoms with Gasteiger partial charge in [-0.05, 0) is 44.2 Å². The average molecular weight is 232 g/mol. The number of nitrogens with two attached hydrogens (primary N) is 1. The number of rotatable bonds is 2. The van der Waals surface area contributed by atoms with Crippen molar-refractivity contribution in [3.63, 3.8) is 0 Å². The smallest absolute Gasteiger partial charge is 0.0417 e. The number of piperidine rings is 1. The van der Waals surface area contributed by atoms with Crippen molar-refractivity contribution in [2.24, 2.45) is 11.7 Å². The molecule has 0 spiro atoms. The van der Waals surface area contributed by atoms with Crippen LogP contribution < -0.4 is 10.6 Å². The first-order valence-corrected chi connectivity index (χ1v) is 6.72. The first-order valence-electron chi connectivity index (χ1n) is 6.72. The average Bonchev–Trinajstić information content (AvgIpc) is 2.33. The lowest BCUT2D eigenvalue weighted by Gasteiger charge is -2.41. The van der Waals surface area contributed by atoms with Crippen LogP contribution in [-0.2, 0) is 0 Å². The Morgan fingerprint density at radius 3 is 2.71 bits per heavy atom. The van der Waals surface area contributed by atoms with E-state index < -0.39 is 0 Å². The van der Waals surface area contributed by atoms with E-state index in [1.807, 2.05) is 0 Å². The Labute approximate surface area is 105 Å². The zero-order chi connectivity index (χ0) is 12.4. The van der Waals surface area contributed by atoms with Crippen molar-refractivity contribution in [3.8, 4) is 0 Å². The third kappa shape index (κ3) is 2.47. The highest BCUT2D eigenvalue weighted by Crippen LogP contribution is 2.32. The van der Waals surface area contributed by atoms with Crippen LogP contribution in [0.4, 0.5) is 5.69 Å². The second-order valence-electron chi connectivity index (χ2n) is 5.40. The summed E-state index contributed by atoms with van der Waals surface area (Å²) < 4.78 is 0. The molecule has 0 saturated carbocycles. The molecule has 1 aliphatic rings. The molecule has 3 atom stereocenters. The van der Waals surface area contributed by atoms with Crippen molar-refractivity contribution >= 4 is 5.69 Å². The lowest BCUT2D eigenvalue weighted by molar-refractivity contribution is 0.363. The summed E-state index contributed by atoms with van der Waals surface area (Å²) in [5.41, 5.74) is 8.68. The Morgan fingerprint density at radius 1 is 1.29 bits per heavy atom. The minimum Gasteiger partial charge on any atom is -0.368 e. The summed E-state index contributed by atoms with van der Waals surface area (Å²) in [4.78, 5) is 2.53. The zero-order valence-corrected chi connectivity index (χ0v) is 11.2. The van der Waals surface area contributed by atoms with Crippen molar-refractivity contribution < 1.29 is 0 Å². The molecule has 0 radical (unpaired) electrons. The first kappa shape index (κ1) is 12.4. The summed E-state index contributed by atoms with van der Waals surface area (Å²) in [6, 6.07) is 9.30. The van der Waals surface area contributed by atoms with Gasteiger partial charge in [-0.15, -0.1) is 0 Å². The summed E-state index contributed by atoms with van der Waals surface area (Å²) in [6.07, 6.45) is 2.64. The predicted octanol–water partition coefficient (Wildman–Crippen LogP) is 3.33. The molecular formula is C15H24N2. The van der Waals surface area contributed by atoms with E-state index >= 15 is 0 Å². The molecule has 0 amide bonds. The number of hydrogen-bond donors (Lipinski definition) is 1. The number of benzene rings is 1. The summed E-state index contributed by atoms with van der Waals surface area (Å²) in [6.45, 7) is 7.92. The lowest BCUT2D eigenvalue weighted by atomic mass is 9.90. The van der Waals surface area contributed by atoms with Gasteiger partial charge < -0.3 is 10.6 Å². The van der Waals surface area contributed by atoms with E-state index in [1.165, 1.54) is 24.1 Å². The van der Waals surface area contributed by atoms with Crippen LogP contribution in [-0.4, -0.2) is 12.6 Å². The van der Waals surface area contributed by atoms with E-state index in [0.717, 1.165) is 12.5 Å². The zero-order valence-electron chi connectivity index (χ0n) is 11.2. The van der Waals surface area contributed by atoms with Crippen molar-refractivity contribution in [2.75, 3.05) is 11.4 Å².